The molecule has 0 radical (unpaired) electrons. The molecule has 0 bridgehead atoms. The average molecular weight is 470 g/mol. The molecule has 0 atom stereocenters. The maximum Gasteiger partial charge on any atom is 0.416 e. The molecule has 0 aliphatic carbocycles. The lowest BCUT2D eigenvalue weighted by Gasteiger charge is -2.16. The Bertz CT molecular complexity index is 1210. The highest BCUT2D eigenvalue weighted by Crippen LogP contribution is 2.32. The number of oxazole rings is 1. The van der Waals surface area contributed by atoms with Gasteiger partial charge in [0.1, 0.15) is 6.26 Å². The van der Waals surface area contributed by atoms with Gasteiger partial charge < -0.3 is 9.73 Å². The van der Waals surface area contributed by atoms with E-state index in [4.69, 9.17) is 4.42 Å². The zero-order chi connectivity index (χ0) is 23.5. The van der Waals surface area contributed by atoms with Crippen LogP contribution in [0.5, 0.6) is 0 Å². The van der Waals surface area contributed by atoms with E-state index in [0.717, 1.165) is 22.7 Å². The number of hydrogen-bond donors (Lipinski definition) is 2. The van der Waals surface area contributed by atoms with E-state index in [1.807, 2.05) is 4.72 Å². The minimum absolute atomic E-state index is 0.0601. The molecule has 3 rings (SSSR count). The third kappa shape index (κ3) is 5.59. The summed E-state index contributed by atoms with van der Waals surface area (Å²) in [6.45, 7) is 1.43. The highest BCUT2D eigenvalue weighted by atomic mass is 32.2. The Morgan fingerprint density at radius 1 is 1.25 bits per heavy atom. The number of nitrogens with zero attached hydrogens (tertiary/aromatic N) is 4. The maximum absolute atomic E-state index is 12.9. The first-order valence-electron chi connectivity index (χ1n) is 8.89. The molecule has 0 unspecified atom stereocenters. The molecular weight excluding hydrogens is 453 g/mol. The second-order valence-corrected chi connectivity index (χ2v) is 8.36. The van der Waals surface area contributed by atoms with E-state index in [9.17, 15) is 26.4 Å². The van der Waals surface area contributed by atoms with Gasteiger partial charge >= 0.3 is 16.4 Å². The number of anilines is 2. The molecule has 3 aromatic rings. The molecule has 0 saturated heterocycles. The number of halogens is 3. The summed E-state index contributed by atoms with van der Waals surface area (Å²) in [6, 6.07) is 2.77. The fourth-order valence-electron chi connectivity index (χ4n) is 2.46. The quantitative estimate of drug-likeness (QED) is 0.539. The summed E-state index contributed by atoms with van der Waals surface area (Å²) in [5.74, 6) is -1.09. The Morgan fingerprint density at radius 3 is 2.66 bits per heavy atom. The van der Waals surface area contributed by atoms with Crippen molar-refractivity contribution in [2.24, 2.45) is 0 Å². The van der Waals surface area contributed by atoms with Crippen LogP contribution in [0.25, 0.3) is 0 Å². The van der Waals surface area contributed by atoms with Crippen molar-refractivity contribution in [3.8, 4) is 0 Å². The number of benzene rings is 1. The van der Waals surface area contributed by atoms with Gasteiger partial charge in [0.25, 0.3) is 11.9 Å². The Hall–Kier alpha value is -3.52. The fourth-order valence-corrected chi connectivity index (χ4v) is 3.25. The van der Waals surface area contributed by atoms with Crippen LogP contribution < -0.4 is 10.0 Å². The topological polar surface area (TPSA) is 130 Å². The van der Waals surface area contributed by atoms with E-state index < -0.39 is 33.6 Å². The first kappa shape index (κ1) is 23.1. The number of hydrogen-bond acceptors (Lipinski definition) is 8. The van der Waals surface area contributed by atoms with E-state index in [1.165, 1.54) is 31.7 Å². The van der Waals surface area contributed by atoms with Crippen LogP contribution in [0.4, 0.5) is 24.9 Å². The molecule has 0 aliphatic heterocycles. The lowest BCUT2D eigenvalue weighted by Crippen LogP contribution is -2.41. The van der Waals surface area contributed by atoms with E-state index in [0.29, 0.717) is 11.3 Å². The van der Waals surface area contributed by atoms with Gasteiger partial charge in [0, 0.05) is 31.3 Å². The molecule has 1 amide bonds. The van der Waals surface area contributed by atoms with Gasteiger partial charge in [0.2, 0.25) is 0 Å². The number of aryl methyl sites for hydroxylation is 1. The van der Waals surface area contributed by atoms with Crippen LogP contribution in [0.3, 0.4) is 0 Å². The van der Waals surface area contributed by atoms with Crippen molar-refractivity contribution in [1.29, 1.82) is 0 Å². The summed E-state index contributed by atoms with van der Waals surface area (Å²) >= 11 is 0. The van der Waals surface area contributed by atoms with Crippen molar-refractivity contribution in [3.05, 3.63) is 65.6 Å². The second kappa shape index (κ2) is 8.92. The van der Waals surface area contributed by atoms with Gasteiger partial charge in [0.05, 0.1) is 17.8 Å². The standard InChI is InChI=1S/C18H17F3N6O4S/c1-11-3-4-12(18(19,20)21)7-14(11)24-17-25-15(10-31-17)16(28)26-32(29,30)27(2)9-13-8-22-5-6-23-13/h3-8,10H,9H2,1-2H3,(H,24,25)(H,26,28). The van der Waals surface area contributed by atoms with Crippen molar-refractivity contribution in [2.75, 3.05) is 12.4 Å². The first-order valence-corrected chi connectivity index (χ1v) is 10.3. The fraction of sp³-hybridized carbons (Fsp3) is 0.222. The highest BCUT2D eigenvalue weighted by Gasteiger charge is 2.31. The lowest BCUT2D eigenvalue weighted by molar-refractivity contribution is -0.137. The summed E-state index contributed by atoms with van der Waals surface area (Å²) in [7, 11) is -3.01. The van der Waals surface area contributed by atoms with Gasteiger partial charge in [-0.2, -0.15) is 30.9 Å². The molecule has 1 aromatic carbocycles. The largest absolute Gasteiger partial charge is 0.431 e. The van der Waals surface area contributed by atoms with Crippen molar-refractivity contribution in [3.63, 3.8) is 0 Å². The summed E-state index contributed by atoms with van der Waals surface area (Å²) in [5.41, 5.74) is -0.390. The first-order chi connectivity index (χ1) is 15.0. The number of aromatic nitrogens is 3. The summed E-state index contributed by atoms with van der Waals surface area (Å²) < 4.78 is 71.2. The van der Waals surface area contributed by atoms with Gasteiger partial charge in [0.15, 0.2) is 5.69 Å². The highest BCUT2D eigenvalue weighted by molar-refractivity contribution is 7.87. The summed E-state index contributed by atoms with van der Waals surface area (Å²) in [4.78, 5) is 23.9. The Morgan fingerprint density at radius 2 is 2.00 bits per heavy atom. The normalized spacial score (nSPS) is 12.1. The number of amides is 1. The maximum atomic E-state index is 12.9. The van der Waals surface area contributed by atoms with Crippen LogP contribution in [0, 0.1) is 6.92 Å². The Labute approximate surface area is 180 Å². The second-order valence-electron chi connectivity index (χ2n) is 6.58. The molecular formula is C18H17F3N6O4S. The summed E-state index contributed by atoms with van der Waals surface area (Å²) in [5, 5.41) is 2.55. The Kier molecular flexibility index (Phi) is 6.45. The molecule has 14 heteroatoms. The van der Waals surface area contributed by atoms with Gasteiger partial charge in [-0.25, -0.2) is 4.72 Å². The number of carbonyl (C=O) groups is 1. The van der Waals surface area contributed by atoms with Gasteiger partial charge in [-0.05, 0) is 24.6 Å². The molecule has 0 fully saturated rings. The molecule has 0 spiro atoms. The third-order valence-corrected chi connectivity index (χ3v) is 5.57. The predicted molar refractivity (Wildman–Crippen MR) is 106 cm³/mol. The van der Waals surface area contributed by atoms with E-state index in [2.05, 4.69) is 20.3 Å². The predicted octanol–water partition coefficient (Wildman–Crippen LogP) is 2.64. The Balaban J connectivity index is 1.69. The zero-order valence-corrected chi connectivity index (χ0v) is 17.5. The van der Waals surface area contributed by atoms with E-state index in [1.54, 1.807) is 6.92 Å². The lowest BCUT2D eigenvalue weighted by atomic mass is 10.1. The van der Waals surface area contributed by atoms with Crippen LogP contribution in [-0.4, -0.2) is 40.6 Å². The van der Waals surface area contributed by atoms with E-state index in [-0.39, 0.29) is 18.2 Å². The molecule has 170 valence electrons. The number of nitrogens with one attached hydrogen (secondary N) is 2. The van der Waals surface area contributed by atoms with Crippen molar-refractivity contribution in [1.82, 2.24) is 24.0 Å². The molecule has 2 heterocycles. The summed E-state index contributed by atoms with van der Waals surface area (Å²) in [6.07, 6.45) is 0.525. The van der Waals surface area contributed by atoms with Crippen LogP contribution in [0.15, 0.2) is 47.5 Å². The molecule has 2 aromatic heterocycles. The molecule has 0 aliphatic rings. The van der Waals surface area contributed by atoms with Gasteiger partial charge in [-0.3, -0.25) is 14.8 Å². The molecule has 32 heavy (non-hydrogen) atoms. The van der Waals surface area contributed by atoms with Crippen molar-refractivity contribution < 1.29 is 30.8 Å². The van der Waals surface area contributed by atoms with Crippen LogP contribution in [0.1, 0.15) is 27.3 Å². The number of carbonyl (C=O) groups excluding carboxylic acids is 1. The zero-order valence-electron chi connectivity index (χ0n) is 16.7. The van der Waals surface area contributed by atoms with Crippen molar-refractivity contribution >= 4 is 27.8 Å². The minimum atomic E-state index is -4.54. The van der Waals surface area contributed by atoms with Crippen LogP contribution >= 0.6 is 0 Å². The van der Waals surface area contributed by atoms with E-state index >= 15 is 0 Å². The van der Waals surface area contributed by atoms with Crippen molar-refractivity contribution in [2.45, 2.75) is 19.6 Å². The van der Waals surface area contributed by atoms with Gasteiger partial charge in [-0.15, -0.1) is 0 Å². The SMILES string of the molecule is Cc1ccc(C(F)(F)F)cc1Nc1nc(C(=O)NS(=O)(=O)N(C)Cc2cnccn2)co1. The smallest absolute Gasteiger partial charge is 0.416 e. The third-order valence-electron chi connectivity index (χ3n) is 4.18. The van der Waals surface area contributed by atoms with Crippen LogP contribution in [-0.2, 0) is 22.9 Å². The number of rotatable bonds is 7. The van der Waals surface area contributed by atoms with Gasteiger partial charge in [-0.1, -0.05) is 6.07 Å². The molecule has 2 N–H and O–H groups in total. The number of alkyl halides is 3. The molecule has 10 nitrogen and oxygen atoms in total. The minimum Gasteiger partial charge on any atom is -0.431 e. The molecule has 0 saturated carbocycles. The monoisotopic (exact) mass is 470 g/mol. The van der Waals surface area contributed by atoms with Crippen LogP contribution in [0.2, 0.25) is 0 Å². The average Bonchev–Trinajstić information content (AvgIpc) is 3.18.